The van der Waals surface area contributed by atoms with Gasteiger partial charge in [0.1, 0.15) is 5.65 Å². The summed E-state index contributed by atoms with van der Waals surface area (Å²) in [6.45, 7) is 0. The molecule has 0 amide bonds. The van der Waals surface area contributed by atoms with E-state index < -0.39 is 0 Å². The number of imidazole rings is 1. The van der Waals surface area contributed by atoms with E-state index in [0.29, 0.717) is 0 Å². The second kappa shape index (κ2) is 6.13. The summed E-state index contributed by atoms with van der Waals surface area (Å²) in [5.41, 5.74) is 16.5. The van der Waals surface area contributed by atoms with E-state index in [4.69, 9.17) is 9.97 Å². The largest absolute Gasteiger partial charge is 0.290 e. The molecule has 0 saturated heterocycles. The molecule has 0 bridgehead atoms. The number of fused-ring (bicyclic) bond motifs is 14. The highest BCUT2D eigenvalue weighted by molar-refractivity contribution is 6.14. The highest BCUT2D eigenvalue weighted by Gasteiger charge is 2.26. The summed E-state index contributed by atoms with van der Waals surface area (Å²) < 4.78 is 2.28. The fraction of sp³-hybridized carbons (Fsp3) is 0.0625. The zero-order valence-electron chi connectivity index (χ0n) is 18.9. The second-order valence-electron chi connectivity index (χ2n) is 9.86. The van der Waals surface area contributed by atoms with Crippen molar-refractivity contribution >= 4 is 38.5 Å². The minimum atomic E-state index is 0.969. The number of benzene rings is 4. The molecule has 2 aliphatic carbocycles. The van der Waals surface area contributed by atoms with E-state index >= 15 is 0 Å². The Kier molecular flexibility index (Phi) is 3.14. The summed E-state index contributed by atoms with van der Waals surface area (Å²) in [5, 5.41) is 2.35. The Morgan fingerprint density at radius 1 is 0.571 bits per heavy atom. The molecule has 2 aliphatic rings. The number of aromatic nitrogens is 3. The van der Waals surface area contributed by atoms with Crippen LogP contribution in [0.4, 0.5) is 0 Å². The molecule has 162 valence electrons. The van der Waals surface area contributed by atoms with Crippen LogP contribution >= 0.6 is 0 Å². The third kappa shape index (κ3) is 2.21. The highest BCUT2D eigenvalue weighted by Crippen LogP contribution is 2.46. The predicted octanol–water partition coefficient (Wildman–Crippen LogP) is 7.33. The third-order valence-corrected chi connectivity index (χ3v) is 8.02. The molecule has 3 aromatic heterocycles. The smallest absolute Gasteiger partial charge is 0.146 e. The van der Waals surface area contributed by atoms with Crippen molar-refractivity contribution in [2.24, 2.45) is 0 Å². The van der Waals surface area contributed by atoms with Gasteiger partial charge >= 0.3 is 0 Å². The summed E-state index contributed by atoms with van der Waals surface area (Å²) in [4.78, 5) is 9.95. The van der Waals surface area contributed by atoms with Crippen molar-refractivity contribution in [1.82, 2.24) is 14.4 Å². The van der Waals surface area contributed by atoms with Gasteiger partial charge in [-0.15, -0.1) is 0 Å². The topological polar surface area (TPSA) is 30.2 Å². The Morgan fingerprint density at radius 2 is 1.31 bits per heavy atom. The molecule has 3 heterocycles. The predicted molar refractivity (Wildman–Crippen MR) is 142 cm³/mol. The van der Waals surface area contributed by atoms with Crippen molar-refractivity contribution in [2.75, 3.05) is 0 Å². The van der Waals surface area contributed by atoms with Crippen molar-refractivity contribution in [2.45, 2.75) is 12.8 Å². The molecule has 0 aliphatic heterocycles. The van der Waals surface area contributed by atoms with E-state index in [1.807, 2.05) is 12.3 Å². The lowest BCUT2D eigenvalue weighted by atomic mass is 9.96. The van der Waals surface area contributed by atoms with Crippen LogP contribution in [0.1, 0.15) is 22.3 Å². The Hall–Kier alpha value is -4.50. The summed E-state index contributed by atoms with van der Waals surface area (Å²) in [7, 11) is 0. The second-order valence-corrected chi connectivity index (χ2v) is 9.86. The SMILES string of the molecule is c1ccc2c(c1)Cc1cc3c(cc1-2)-c1cc2c(cc1C3)c1nc3ccccc3n1c1cccnc21. The Morgan fingerprint density at radius 3 is 2.29 bits per heavy atom. The normalized spacial score (nSPS) is 13.5. The molecule has 0 unspecified atom stereocenters. The van der Waals surface area contributed by atoms with Gasteiger partial charge in [-0.05, 0) is 99.8 Å². The van der Waals surface area contributed by atoms with Gasteiger partial charge in [0.05, 0.1) is 22.1 Å². The van der Waals surface area contributed by atoms with Gasteiger partial charge in [-0.3, -0.25) is 9.38 Å². The average molecular weight is 446 g/mol. The summed E-state index contributed by atoms with van der Waals surface area (Å²) in [6.07, 6.45) is 3.90. The van der Waals surface area contributed by atoms with Gasteiger partial charge in [-0.25, -0.2) is 4.98 Å². The maximum atomic E-state index is 5.08. The number of nitrogens with zero attached hydrogens (tertiary/aromatic N) is 3. The molecule has 3 heteroatoms. The average Bonchev–Trinajstić information content (AvgIpc) is 3.57. The minimum absolute atomic E-state index is 0.969. The van der Waals surface area contributed by atoms with Crippen molar-refractivity contribution < 1.29 is 0 Å². The van der Waals surface area contributed by atoms with Crippen molar-refractivity contribution in [3.05, 3.63) is 113 Å². The molecule has 3 nitrogen and oxygen atoms in total. The van der Waals surface area contributed by atoms with Crippen LogP contribution in [0.3, 0.4) is 0 Å². The molecule has 35 heavy (non-hydrogen) atoms. The number of para-hydroxylation sites is 2. The number of rotatable bonds is 0. The first-order chi connectivity index (χ1) is 17.3. The molecule has 4 aromatic carbocycles. The highest BCUT2D eigenvalue weighted by atomic mass is 15.0. The van der Waals surface area contributed by atoms with E-state index in [1.165, 1.54) is 55.3 Å². The van der Waals surface area contributed by atoms with Crippen LogP contribution in [-0.4, -0.2) is 14.4 Å². The van der Waals surface area contributed by atoms with Crippen LogP contribution in [0.5, 0.6) is 0 Å². The maximum absolute atomic E-state index is 5.08. The van der Waals surface area contributed by atoms with E-state index in [9.17, 15) is 0 Å². The molecule has 0 saturated carbocycles. The van der Waals surface area contributed by atoms with Gasteiger partial charge in [0.25, 0.3) is 0 Å². The lowest BCUT2D eigenvalue weighted by Gasteiger charge is -2.11. The van der Waals surface area contributed by atoms with E-state index in [1.54, 1.807) is 0 Å². The molecule has 0 radical (unpaired) electrons. The van der Waals surface area contributed by atoms with Gasteiger partial charge in [0.15, 0.2) is 0 Å². The number of hydrogen-bond acceptors (Lipinski definition) is 2. The fourth-order valence-corrected chi connectivity index (χ4v) is 6.49. The van der Waals surface area contributed by atoms with Gasteiger partial charge in [-0.1, -0.05) is 42.5 Å². The zero-order valence-corrected chi connectivity index (χ0v) is 18.9. The third-order valence-electron chi connectivity index (χ3n) is 8.02. The quantitative estimate of drug-likeness (QED) is 0.229. The molecule has 0 fully saturated rings. The number of hydrogen-bond donors (Lipinski definition) is 0. The summed E-state index contributed by atoms with van der Waals surface area (Å²) in [5.74, 6) is 0. The first-order valence-electron chi connectivity index (χ1n) is 12.2. The Labute approximate surface area is 201 Å². The van der Waals surface area contributed by atoms with Crippen LogP contribution in [0.2, 0.25) is 0 Å². The van der Waals surface area contributed by atoms with Gasteiger partial charge in [0.2, 0.25) is 0 Å². The van der Waals surface area contributed by atoms with E-state index in [2.05, 4.69) is 83.3 Å². The van der Waals surface area contributed by atoms with Crippen LogP contribution in [-0.2, 0) is 12.8 Å². The molecule has 9 rings (SSSR count). The van der Waals surface area contributed by atoms with Crippen molar-refractivity contribution in [3.8, 4) is 22.3 Å². The number of pyridine rings is 2. The van der Waals surface area contributed by atoms with E-state index in [-0.39, 0.29) is 0 Å². The zero-order chi connectivity index (χ0) is 22.7. The monoisotopic (exact) mass is 445 g/mol. The van der Waals surface area contributed by atoms with Gasteiger partial charge in [-0.2, -0.15) is 0 Å². The van der Waals surface area contributed by atoms with Gasteiger partial charge in [0, 0.05) is 17.0 Å². The molecule has 0 spiro atoms. The molecular weight excluding hydrogens is 426 g/mol. The molecule has 0 atom stereocenters. The fourth-order valence-electron chi connectivity index (χ4n) is 6.49. The van der Waals surface area contributed by atoms with Crippen LogP contribution < -0.4 is 0 Å². The van der Waals surface area contributed by atoms with Gasteiger partial charge < -0.3 is 0 Å². The summed E-state index contributed by atoms with van der Waals surface area (Å²) in [6, 6.07) is 31.0. The lowest BCUT2D eigenvalue weighted by Crippen LogP contribution is -1.94. The standard InChI is InChI=1S/C32H19N3/c1-2-7-22-18(6-1)12-19-13-20-14-21-15-27-26(17-25(21)24(20)16-23(19)22)31-30(10-5-11-33-31)35-29-9-4-3-8-28(29)34-32(27)35/h1-11,13,15-17H,12,14H2. The van der Waals surface area contributed by atoms with E-state index in [0.717, 1.165) is 40.6 Å². The van der Waals surface area contributed by atoms with Crippen LogP contribution in [0.25, 0.3) is 60.7 Å². The Bertz CT molecular complexity index is 2060. The molecule has 0 N–H and O–H groups in total. The van der Waals surface area contributed by atoms with Crippen LogP contribution in [0.15, 0.2) is 91.1 Å². The Balaban J connectivity index is 1.39. The first-order valence-corrected chi connectivity index (χ1v) is 12.2. The lowest BCUT2D eigenvalue weighted by molar-refractivity contribution is 1.21. The first kappa shape index (κ1) is 17.9. The summed E-state index contributed by atoms with van der Waals surface area (Å²) >= 11 is 0. The molecule has 7 aromatic rings. The van der Waals surface area contributed by atoms with Crippen LogP contribution in [0, 0.1) is 0 Å². The maximum Gasteiger partial charge on any atom is 0.146 e. The molecular formula is C32H19N3. The van der Waals surface area contributed by atoms with Crippen molar-refractivity contribution in [3.63, 3.8) is 0 Å². The van der Waals surface area contributed by atoms with Crippen molar-refractivity contribution in [1.29, 1.82) is 0 Å². The minimum Gasteiger partial charge on any atom is -0.290 e.